The Morgan fingerprint density at radius 3 is 1.22 bits per heavy atom. The van der Waals surface area contributed by atoms with Crippen LogP contribution in [-0.2, 0) is 0 Å². The summed E-state index contributed by atoms with van der Waals surface area (Å²) >= 11 is 5.93. The molecule has 2 aliphatic heterocycles. The van der Waals surface area contributed by atoms with Crippen LogP contribution in [0.4, 0.5) is 26.3 Å². The van der Waals surface area contributed by atoms with Crippen molar-refractivity contribution < 1.29 is 45.5 Å². The van der Waals surface area contributed by atoms with Gasteiger partial charge >= 0.3 is 12.4 Å². The van der Waals surface area contributed by atoms with Crippen LogP contribution in [0.25, 0.3) is 10.8 Å². The maximum absolute atomic E-state index is 13.0. The Morgan fingerprint density at radius 2 is 0.938 bits per heavy atom. The van der Waals surface area contributed by atoms with Gasteiger partial charge in [-0.05, 0) is 44.0 Å². The second kappa shape index (κ2) is 7.01. The summed E-state index contributed by atoms with van der Waals surface area (Å²) in [5, 5.41) is -0.566. The lowest BCUT2D eigenvalue weighted by atomic mass is 9.86. The highest BCUT2D eigenvalue weighted by Crippen LogP contribution is 2.44. The van der Waals surface area contributed by atoms with Gasteiger partial charge in [-0.2, -0.15) is 26.3 Å². The van der Waals surface area contributed by atoms with E-state index in [-0.39, 0.29) is 29.5 Å². The van der Waals surface area contributed by atoms with E-state index in [0.717, 1.165) is 12.1 Å². The van der Waals surface area contributed by atoms with Crippen LogP contribution in [0.1, 0.15) is 41.4 Å². The molecule has 14 heteroatoms. The van der Waals surface area contributed by atoms with Crippen molar-refractivity contribution in [1.82, 2.24) is 9.80 Å². The molecule has 0 atom stereocenters. The molecule has 168 valence electrons. The normalized spacial score (nSPS) is 16.5. The molecule has 2 heterocycles. The van der Waals surface area contributed by atoms with Gasteiger partial charge in [0.2, 0.25) is 0 Å². The fourth-order valence-corrected chi connectivity index (χ4v) is 4.91. The van der Waals surface area contributed by atoms with Gasteiger partial charge in [0.25, 0.3) is 23.6 Å². The van der Waals surface area contributed by atoms with Crippen molar-refractivity contribution in [2.75, 3.05) is 13.1 Å². The molecule has 32 heavy (non-hydrogen) atoms. The first-order valence-corrected chi connectivity index (χ1v) is 10.1. The number of benzene rings is 2. The summed E-state index contributed by atoms with van der Waals surface area (Å²) in [5.41, 5.74) is -1.66. The van der Waals surface area contributed by atoms with E-state index in [9.17, 15) is 45.5 Å². The van der Waals surface area contributed by atoms with Crippen LogP contribution in [0.5, 0.6) is 0 Å². The number of amides is 4. The van der Waals surface area contributed by atoms with Crippen LogP contribution in [0.3, 0.4) is 0 Å². The molecule has 0 unspecified atom stereocenters. The smallest absolute Gasteiger partial charge is 0.269 e. The number of hydrogen-bond donors (Lipinski definition) is 0. The summed E-state index contributed by atoms with van der Waals surface area (Å²) in [6, 6.07) is 1.91. The molecule has 0 spiro atoms. The summed E-state index contributed by atoms with van der Waals surface area (Å²) in [7, 11) is 0. The van der Waals surface area contributed by atoms with Crippen molar-refractivity contribution in [1.29, 1.82) is 0 Å². The van der Waals surface area contributed by atoms with Crippen molar-refractivity contribution in [3.63, 3.8) is 0 Å². The van der Waals surface area contributed by atoms with E-state index in [2.05, 4.69) is 31.9 Å². The second-order valence-electron chi connectivity index (χ2n) is 6.94. The molecular weight excluding hydrogens is 582 g/mol. The van der Waals surface area contributed by atoms with Crippen LogP contribution in [0.2, 0.25) is 0 Å². The van der Waals surface area contributed by atoms with Crippen LogP contribution >= 0.6 is 31.9 Å². The third kappa shape index (κ3) is 3.39. The number of hydrogen-bond acceptors (Lipinski definition) is 4. The molecule has 0 aliphatic carbocycles. The molecule has 0 fully saturated rings. The van der Waals surface area contributed by atoms with Gasteiger partial charge in [0.1, 0.15) is 13.1 Å². The Labute approximate surface area is 190 Å². The van der Waals surface area contributed by atoms with Crippen LogP contribution in [-0.4, -0.2) is 58.9 Å². The highest BCUT2D eigenvalue weighted by molar-refractivity contribution is 9.10. The first-order valence-electron chi connectivity index (χ1n) is 8.47. The van der Waals surface area contributed by atoms with Crippen LogP contribution < -0.4 is 0 Å². The predicted octanol–water partition coefficient (Wildman–Crippen LogP) is 4.68. The first kappa shape index (κ1) is 22.7. The van der Waals surface area contributed by atoms with Crippen molar-refractivity contribution in [3.05, 3.63) is 43.3 Å². The highest BCUT2D eigenvalue weighted by Gasteiger charge is 2.46. The average molecular weight is 588 g/mol. The van der Waals surface area contributed by atoms with E-state index >= 15 is 0 Å². The van der Waals surface area contributed by atoms with Gasteiger partial charge < -0.3 is 0 Å². The summed E-state index contributed by atoms with van der Waals surface area (Å²) in [4.78, 5) is 51.0. The number of halogens is 8. The maximum Gasteiger partial charge on any atom is 0.406 e. The van der Waals surface area contributed by atoms with E-state index in [1.165, 1.54) is 0 Å². The zero-order chi connectivity index (χ0) is 23.9. The van der Waals surface area contributed by atoms with E-state index in [0.29, 0.717) is 0 Å². The van der Waals surface area contributed by atoms with Gasteiger partial charge in [0, 0.05) is 30.8 Å². The minimum Gasteiger partial charge on any atom is -0.269 e. The zero-order valence-corrected chi connectivity index (χ0v) is 18.3. The lowest BCUT2D eigenvalue weighted by Gasteiger charge is -2.33. The minimum atomic E-state index is -4.90. The topological polar surface area (TPSA) is 74.8 Å². The Kier molecular flexibility index (Phi) is 4.97. The van der Waals surface area contributed by atoms with Gasteiger partial charge in [0.15, 0.2) is 0 Å². The SMILES string of the molecule is O=C1c2cc(Br)c3c4c(cc(Br)c(c24)C(=O)N1CC(F)(F)F)C(=O)N(CC(F)(F)F)C3=O. The standard InChI is InChI=1S/C18H6Br2F6N2O4/c19-7-1-5-9-10-6(14(30)28(4-18(24,25)26)15(31)11(7)10)2-8(20)12(9)16(32)27(13(5)29)3-17(21,22)23/h1-2H,3-4H2. The van der Waals surface area contributed by atoms with Gasteiger partial charge in [-0.15, -0.1) is 0 Å². The molecule has 0 aromatic heterocycles. The summed E-state index contributed by atoms with van der Waals surface area (Å²) < 4.78 is 77.3. The average Bonchev–Trinajstić information content (AvgIpc) is 2.64. The van der Waals surface area contributed by atoms with Gasteiger partial charge in [-0.1, -0.05) is 0 Å². The molecule has 4 rings (SSSR count). The van der Waals surface area contributed by atoms with E-state index in [1.54, 1.807) is 0 Å². The number of alkyl halides is 6. The van der Waals surface area contributed by atoms with Gasteiger partial charge in [-0.3, -0.25) is 29.0 Å². The molecule has 0 radical (unpaired) electrons. The molecule has 2 aromatic carbocycles. The van der Waals surface area contributed by atoms with Gasteiger partial charge in [-0.25, -0.2) is 0 Å². The molecule has 0 bridgehead atoms. The molecule has 6 nitrogen and oxygen atoms in total. The lowest BCUT2D eigenvalue weighted by Crippen LogP contribution is -2.48. The van der Waals surface area contributed by atoms with Crippen molar-refractivity contribution >= 4 is 66.3 Å². The summed E-state index contributed by atoms with van der Waals surface area (Å²) in [5.74, 6) is -5.31. The van der Waals surface area contributed by atoms with Crippen LogP contribution in [0, 0.1) is 0 Å². The zero-order valence-electron chi connectivity index (χ0n) is 15.1. The first-order chi connectivity index (χ1) is 14.6. The number of nitrogens with zero attached hydrogens (tertiary/aromatic N) is 2. The number of carbonyl (C=O) groups excluding carboxylic acids is 4. The van der Waals surface area contributed by atoms with E-state index < -0.39 is 71.3 Å². The van der Waals surface area contributed by atoms with E-state index in [4.69, 9.17) is 0 Å². The molecule has 2 aliphatic rings. The number of imide groups is 2. The Hall–Kier alpha value is -2.48. The fourth-order valence-electron chi connectivity index (χ4n) is 3.72. The molecule has 0 saturated heterocycles. The third-order valence-electron chi connectivity index (χ3n) is 4.85. The van der Waals surface area contributed by atoms with E-state index in [1.807, 2.05) is 0 Å². The number of rotatable bonds is 2. The largest absolute Gasteiger partial charge is 0.406 e. The molecule has 0 saturated carbocycles. The fraction of sp³-hybridized carbons (Fsp3) is 0.222. The second-order valence-corrected chi connectivity index (χ2v) is 8.64. The Morgan fingerprint density at radius 1 is 0.625 bits per heavy atom. The third-order valence-corrected chi connectivity index (χ3v) is 6.10. The molecule has 2 aromatic rings. The van der Waals surface area contributed by atoms with Gasteiger partial charge in [0.05, 0.1) is 11.1 Å². The lowest BCUT2D eigenvalue weighted by molar-refractivity contribution is -0.137. The van der Waals surface area contributed by atoms with Crippen molar-refractivity contribution in [2.24, 2.45) is 0 Å². The molecular formula is C18H6Br2F6N2O4. The molecule has 0 N–H and O–H groups in total. The summed E-state index contributed by atoms with van der Waals surface area (Å²) in [6.07, 6.45) is -9.80. The highest BCUT2D eigenvalue weighted by atomic mass is 79.9. The van der Waals surface area contributed by atoms with Crippen molar-refractivity contribution in [2.45, 2.75) is 12.4 Å². The molecule has 4 amide bonds. The quantitative estimate of drug-likeness (QED) is 0.378. The number of carbonyl (C=O) groups is 4. The maximum atomic E-state index is 13.0. The Balaban J connectivity index is 2.04. The summed E-state index contributed by atoms with van der Waals surface area (Å²) in [6.45, 7) is -3.76. The predicted molar refractivity (Wildman–Crippen MR) is 102 cm³/mol. The van der Waals surface area contributed by atoms with Crippen LogP contribution in [0.15, 0.2) is 21.1 Å². The monoisotopic (exact) mass is 586 g/mol. The minimum absolute atomic E-state index is 0.0288. The van der Waals surface area contributed by atoms with Crippen molar-refractivity contribution in [3.8, 4) is 0 Å². The Bertz CT molecular complexity index is 1170.